The van der Waals surface area contributed by atoms with Crippen molar-refractivity contribution in [1.82, 2.24) is 0 Å². The summed E-state index contributed by atoms with van der Waals surface area (Å²) in [6.07, 6.45) is 6.81. The number of ether oxygens (including phenoxy) is 2. The largest absolute Gasteiger partial charge is 0.491 e. The lowest BCUT2D eigenvalue weighted by atomic mass is 9.98. The van der Waals surface area contributed by atoms with E-state index in [-0.39, 0.29) is 0 Å². The summed E-state index contributed by atoms with van der Waals surface area (Å²) in [6, 6.07) is 7.75. The van der Waals surface area contributed by atoms with E-state index in [0.29, 0.717) is 25.9 Å². The van der Waals surface area contributed by atoms with Gasteiger partial charge in [-0.2, -0.15) is 0 Å². The molecule has 1 fully saturated rings. The summed E-state index contributed by atoms with van der Waals surface area (Å²) in [5, 5.41) is 0. The summed E-state index contributed by atoms with van der Waals surface area (Å²) in [6.45, 7) is 1.65. The fourth-order valence-corrected chi connectivity index (χ4v) is 2.39. The van der Waals surface area contributed by atoms with Crippen LogP contribution in [0.3, 0.4) is 0 Å². The van der Waals surface area contributed by atoms with Crippen molar-refractivity contribution in [2.75, 3.05) is 19.8 Å². The van der Waals surface area contributed by atoms with E-state index in [9.17, 15) is 0 Å². The zero-order valence-corrected chi connectivity index (χ0v) is 11.9. The van der Waals surface area contributed by atoms with Gasteiger partial charge in [0, 0.05) is 5.56 Å². The zero-order chi connectivity index (χ0) is 14.0. The van der Waals surface area contributed by atoms with Gasteiger partial charge in [-0.3, -0.25) is 0 Å². The molecule has 1 aliphatic rings. The van der Waals surface area contributed by atoms with Crippen LogP contribution in [-0.4, -0.2) is 25.9 Å². The molecule has 0 saturated heterocycles. The third kappa shape index (κ3) is 5.24. The fourth-order valence-electron chi connectivity index (χ4n) is 2.39. The Balaban J connectivity index is 1.66. The van der Waals surface area contributed by atoms with Crippen LogP contribution in [0.2, 0.25) is 0 Å². The molecule has 0 aliphatic heterocycles. The van der Waals surface area contributed by atoms with Crippen LogP contribution in [0.15, 0.2) is 24.3 Å². The third-order valence-electron chi connectivity index (χ3n) is 3.45. The van der Waals surface area contributed by atoms with Gasteiger partial charge in [0.25, 0.3) is 0 Å². The average molecular weight is 273 g/mol. The summed E-state index contributed by atoms with van der Waals surface area (Å²) in [5.74, 6) is 6.67. The third-order valence-corrected chi connectivity index (χ3v) is 3.45. The normalized spacial score (nSPS) is 15.4. The maximum Gasteiger partial charge on any atom is 0.119 e. The Morgan fingerprint density at radius 1 is 1.05 bits per heavy atom. The first kappa shape index (κ1) is 14.9. The van der Waals surface area contributed by atoms with E-state index in [2.05, 4.69) is 11.8 Å². The summed E-state index contributed by atoms with van der Waals surface area (Å²) in [7, 11) is 0. The molecule has 20 heavy (non-hydrogen) atoms. The summed E-state index contributed by atoms with van der Waals surface area (Å²) in [5.41, 5.74) is 6.30. The predicted octanol–water partition coefficient (Wildman–Crippen LogP) is 2.72. The Hall–Kier alpha value is -1.50. The first-order chi connectivity index (χ1) is 9.88. The molecule has 0 radical (unpaired) electrons. The molecular weight excluding hydrogens is 250 g/mol. The Morgan fingerprint density at radius 3 is 2.50 bits per heavy atom. The van der Waals surface area contributed by atoms with Crippen LogP contribution in [-0.2, 0) is 4.74 Å². The van der Waals surface area contributed by atoms with Gasteiger partial charge in [0.15, 0.2) is 0 Å². The zero-order valence-electron chi connectivity index (χ0n) is 11.9. The molecule has 1 aromatic rings. The number of benzene rings is 1. The van der Waals surface area contributed by atoms with Crippen molar-refractivity contribution in [1.29, 1.82) is 0 Å². The second-order valence-electron chi connectivity index (χ2n) is 5.01. The van der Waals surface area contributed by atoms with Crippen LogP contribution in [0.4, 0.5) is 0 Å². The highest BCUT2D eigenvalue weighted by molar-refractivity contribution is 5.38. The monoisotopic (exact) mass is 273 g/mol. The van der Waals surface area contributed by atoms with Gasteiger partial charge in [0.05, 0.1) is 19.3 Å². The quantitative estimate of drug-likeness (QED) is 0.662. The van der Waals surface area contributed by atoms with Crippen LogP contribution < -0.4 is 10.5 Å². The van der Waals surface area contributed by atoms with Gasteiger partial charge in [0.1, 0.15) is 12.4 Å². The van der Waals surface area contributed by atoms with Crippen molar-refractivity contribution in [3.63, 3.8) is 0 Å². The van der Waals surface area contributed by atoms with Crippen molar-refractivity contribution in [2.45, 2.75) is 38.2 Å². The topological polar surface area (TPSA) is 44.5 Å². The standard InChI is InChI=1S/C17H23NO2/c18-12-4-5-15-8-10-17(11-9-15)20-14-13-19-16-6-2-1-3-7-16/h8-11,16H,1-3,6-7,12-14,18H2. The maximum atomic E-state index is 5.82. The minimum Gasteiger partial charge on any atom is -0.491 e. The molecule has 108 valence electrons. The fraction of sp³-hybridized carbons (Fsp3) is 0.529. The van der Waals surface area contributed by atoms with Crippen LogP contribution in [0.25, 0.3) is 0 Å². The molecule has 0 heterocycles. The lowest BCUT2D eigenvalue weighted by Crippen LogP contribution is -2.19. The highest BCUT2D eigenvalue weighted by Gasteiger charge is 2.13. The SMILES string of the molecule is NCC#Cc1ccc(OCCOC2CCCCC2)cc1. The Labute approximate surface area is 121 Å². The summed E-state index contributed by atoms with van der Waals surface area (Å²) >= 11 is 0. The van der Waals surface area contributed by atoms with Gasteiger partial charge < -0.3 is 15.2 Å². The highest BCUT2D eigenvalue weighted by Crippen LogP contribution is 2.20. The first-order valence-electron chi connectivity index (χ1n) is 7.42. The van der Waals surface area contributed by atoms with Gasteiger partial charge in [-0.25, -0.2) is 0 Å². The van der Waals surface area contributed by atoms with Gasteiger partial charge in [-0.05, 0) is 37.1 Å². The maximum absolute atomic E-state index is 5.82. The Bertz CT molecular complexity index is 438. The second kappa shape index (κ2) is 8.63. The minimum absolute atomic E-state index is 0.386. The van der Waals surface area contributed by atoms with Gasteiger partial charge >= 0.3 is 0 Å². The molecule has 3 heteroatoms. The lowest BCUT2D eigenvalue weighted by molar-refractivity contribution is 0.0129. The molecule has 0 aromatic heterocycles. The molecule has 0 unspecified atom stereocenters. The molecule has 0 atom stereocenters. The number of hydrogen-bond acceptors (Lipinski definition) is 3. The number of hydrogen-bond donors (Lipinski definition) is 1. The molecule has 1 saturated carbocycles. The number of nitrogens with two attached hydrogens (primary N) is 1. The van der Waals surface area contributed by atoms with E-state index in [1.165, 1.54) is 32.1 Å². The van der Waals surface area contributed by atoms with Gasteiger partial charge in [0.2, 0.25) is 0 Å². The Morgan fingerprint density at radius 2 is 1.80 bits per heavy atom. The number of rotatable bonds is 5. The van der Waals surface area contributed by atoms with Crippen LogP contribution in [0, 0.1) is 11.8 Å². The summed E-state index contributed by atoms with van der Waals surface area (Å²) < 4.78 is 11.5. The van der Waals surface area contributed by atoms with Crippen LogP contribution in [0.1, 0.15) is 37.7 Å². The van der Waals surface area contributed by atoms with E-state index in [4.69, 9.17) is 15.2 Å². The molecular formula is C17H23NO2. The van der Waals surface area contributed by atoms with E-state index < -0.39 is 0 Å². The first-order valence-corrected chi connectivity index (χ1v) is 7.42. The molecule has 3 nitrogen and oxygen atoms in total. The van der Waals surface area contributed by atoms with E-state index in [1.54, 1.807) is 0 Å². The van der Waals surface area contributed by atoms with E-state index in [1.807, 2.05) is 24.3 Å². The van der Waals surface area contributed by atoms with E-state index >= 15 is 0 Å². The van der Waals surface area contributed by atoms with Crippen molar-refractivity contribution in [3.05, 3.63) is 29.8 Å². The van der Waals surface area contributed by atoms with E-state index in [0.717, 1.165) is 11.3 Å². The highest BCUT2D eigenvalue weighted by atomic mass is 16.5. The van der Waals surface area contributed by atoms with Crippen molar-refractivity contribution in [2.24, 2.45) is 5.73 Å². The van der Waals surface area contributed by atoms with Gasteiger partial charge in [-0.15, -0.1) is 0 Å². The predicted molar refractivity (Wildman–Crippen MR) is 80.7 cm³/mol. The summed E-state index contributed by atoms with van der Waals surface area (Å²) in [4.78, 5) is 0. The van der Waals surface area contributed by atoms with Gasteiger partial charge in [-0.1, -0.05) is 31.1 Å². The van der Waals surface area contributed by atoms with Crippen LogP contribution >= 0.6 is 0 Å². The molecule has 0 bridgehead atoms. The molecule has 0 amide bonds. The van der Waals surface area contributed by atoms with Crippen LogP contribution in [0.5, 0.6) is 5.75 Å². The van der Waals surface area contributed by atoms with Crippen molar-refractivity contribution < 1.29 is 9.47 Å². The second-order valence-corrected chi connectivity index (χ2v) is 5.01. The Kier molecular flexibility index (Phi) is 6.43. The molecule has 2 rings (SSSR count). The lowest BCUT2D eigenvalue weighted by Gasteiger charge is -2.21. The van der Waals surface area contributed by atoms with Crippen molar-refractivity contribution >= 4 is 0 Å². The molecule has 1 aliphatic carbocycles. The van der Waals surface area contributed by atoms with Crippen molar-refractivity contribution in [3.8, 4) is 17.6 Å². The average Bonchev–Trinajstić information content (AvgIpc) is 2.52. The molecule has 0 spiro atoms. The molecule has 1 aromatic carbocycles. The molecule has 2 N–H and O–H groups in total. The smallest absolute Gasteiger partial charge is 0.119 e. The minimum atomic E-state index is 0.386.